The first-order valence-electron chi connectivity index (χ1n) is 11.8. The van der Waals surface area contributed by atoms with Crippen molar-refractivity contribution in [3.63, 3.8) is 0 Å². The molecule has 1 amide bonds. The van der Waals surface area contributed by atoms with Crippen LogP contribution >= 0.6 is 11.8 Å². The van der Waals surface area contributed by atoms with Crippen LogP contribution in [0.15, 0.2) is 113 Å². The van der Waals surface area contributed by atoms with Crippen LogP contribution in [0.1, 0.15) is 21.5 Å². The zero-order valence-corrected chi connectivity index (χ0v) is 21.0. The average Bonchev–Trinajstić information content (AvgIpc) is 2.92. The summed E-state index contributed by atoms with van der Waals surface area (Å²) in [6, 6.07) is 30.4. The van der Waals surface area contributed by atoms with E-state index in [2.05, 4.69) is 0 Å². The van der Waals surface area contributed by atoms with Crippen LogP contribution in [0.5, 0.6) is 0 Å². The van der Waals surface area contributed by atoms with Gasteiger partial charge in [0.1, 0.15) is 5.82 Å². The van der Waals surface area contributed by atoms with Gasteiger partial charge in [-0.15, -0.1) is 0 Å². The highest BCUT2D eigenvalue weighted by atomic mass is 32.2. The minimum Gasteiger partial charge on any atom is -0.337 e. The maximum absolute atomic E-state index is 14.1. The highest BCUT2D eigenvalue weighted by Crippen LogP contribution is 2.25. The molecule has 5 nitrogen and oxygen atoms in total. The molecule has 0 saturated carbocycles. The Bertz CT molecular complexity index is 1620. The van der Waals surface area contributed by atoms with Crippen LogP contribution in [0.4, 0.5) is 4.39 Å². The lowest BCUT2D eigenvalue weighted by molar-refractivity contribution is 0.0785. The fraction of sp³-hybridized carbons (Fsp3) is 0.100. The smallest absolute Gasteiger partial charge is 0.266 e. The Morgan fingerprint density at radius 1 is 0.892 bits per heavy atom. The van der Waals surface area contributed by atoms with Gasteiger partial charge in [-0.05, 0) is 47.5 Å². The molecule has 0 saturated heterocycles. The lowest BCUT2D eigenvalue weighted by Crippen LogP contribution is -2.26. The second-order valence-electron chi connectivity index (χ2n) is 8.67. The van der Waals surface area contributed by atoms with Crippen molar-refractivity contribution in [1.29, 1.82) is 0 Å². The number of thioether (sulfide) groups is 1. The molecule has 0 aliphatic heterocycles. The summed E-state index contributed by atoms with van der Waals surface area (Å²) in [5.41, 5.74) is 3.04. The number of hydrogen-bond acceptors (Lipinski definition) is 4. The molecule has 1 aromatic heterocycles. The van der Waals surface area contributed by atoms with Crippen molar-refractivity contribution in [2.45, 2.75) is 17.5 Å². The summed E-state index contributed by atoms with van der Waals surface area (Å²) in [6.45, 7) is 0.463. The Kier molecular flexibility index (Phi) is 7.14. The minimum atomic E-state index is -0.439. The minimum absolute atomic E-state index is 0.166. The van der Waals surface area contributed by atoms with Crippen molar-refractivity contribution < 1.29 is 9.18 Å². The van der Waals surface area contributed by atoms with Crippen LogP contribution in [0.3, 0.4) is 0 Å². The first-order chi connectivity index (χ1) is 18.0. The SMILES string of the molecule is CN(Cc1ccccc1)C(=O)c1ccc2c(=O)n(-c3cccc(F)c3)c(SCc3ccccc3)nc2c1. The van der Waals surface area contributed by atoms with Crippen LogP contribution < -0.4 is 5.56 Å². The van der Waals surface area contributed by atoms with E-state index in [-0.39, 0.29) is 11.5 Å². The van der Waals surface area contributed by atoms with E-state index in [9.17, 15) is 14.0 Å². The van der Waals surface area contributed by atoms with E-state index in [0.717, 1.165) is 11.1 Å². The number of amides is 1. The van der Waals surface area contributed by atoms with E-state index < -0.39 is 5.82 Å². The van der Waals surface area contributed by atoms with Gasteiger partial charge >= 0.3 is 0 Å². The molecule has 5 aromatic rings. The number of aromatic nitrogens is 2. The lowest BCUT2D eigenvalue weighted by Gasteiger charge is -2.18. The Morgan fingerprint density at radius 3 is 2.30 bits per heavy atom. The van der Waals surface area contributed by atoms with Crippen molar-refractivity contribution in [1.82, 2.24) is 14.5 Å². The number of carbonyl (C=O) groups is 1. The van der Waals surface area contributed by atoms with Gasteiger partial charge in [-0.25, -0.2) is 9.37 Å². The van der Waals surface area contributed by atoms with Gasteiger partial charge in [0.2, 0.25) is 0 Å². The number of rotatable bonds is 7. The van der Waals surface area contributed by atoms with Gasteiger partial charge in [0.15, 0.2) is 5.16 Å². The van der Waals surface area contributed by atoms with Crippen molar-refractivity contribution >= 4 is 28.6 Å². The van der Waals surface area contributed by atoms with Crippen LogP contribution in [0.2, 0.25) is 0 Å². The summed E-state index contributed by atoms with van der Waals surface area (Å²) in [5, 5.41) is 0.782. The number of benzene rings is 4. The summed E-state index contributed by atoms with van der Waals surface area (Å²) in [6.07, 6.45) is 0. The predicted molar refractivity (Wildman–Crippen MR) is 146 cm³/mol. The van der Waals surface area contributed by atoms with Gasteiger partial charge in [0.05, 0.1) is 16.6 Å². The normalized spacial score (nSPS) is 11.0. The monoisotopic (exact) mass is 509 g/mol. The van der Waals surface area contributed by atoms with Crippen molar-refractivity contribution in [3.8, 4) is 5.69 Å². The van der Waals surface area contributed by atoms with Crippen LogP contribution in [0.25, 0.3) is 16.6 Å². The number of halogens is 1. The molecule has 184 valence electrons. The van der Waals surface area contributed by atoms with Crippen LogP contribution in [0, 0.1) is 5.82 Å². The Morgan fingerprint density at radius 2 is 1.59 bits per heavy atom. The molecule has 0 fully saturated rings. The maximum atomic E-state index is 14.1. The molecular weight excluding hydrogens is 485 g/mol. The van der Waals surface area contributed by atoms with Gasteiger partial charge in [0.25, 0.3) is 11.5 Å². The number of hydrogen-bond donors (Lipinski definition) is 0. The van der Waals surface area contributed by atoms with Gasteiger partial charge in [-0.3, -0.25) is 14.2 Å². The molecule has 0 bridgehead atoms. The third kappa shape index (κ3) is 5.47. The summed E-state index contributed by atoms with van der Waals surface area (Å²) >= 11 is 1.39. The van der Waals surface area contributed by atoms with E-state index in [0.29, 0.717) is 39.6 Å². The molecule has 37 heavy (non-hydrogen) atoms. The second-order valence-corrected chi connectivity index (χ2v) is 9.61. The van der Waals surface area contributed by atoms with Crippen LogP contribution in [-0.4, -0.2) is 27.4 Å². The zero-order valence-electron chi connectivity index (χ0n) is 20.2. The lowest BCUT2D eigenvalue weighted by atomic mass is 10.1. The first kappa shape index (κ1) is 24.5. The second kappa shape index (κ2) is 10.8. The zero-order chi connectivity index (χ0) is 25.8. The Hall–Kier alpha value is -4.23. The molecule has 0 atom stereocenters. The number of nitrogens with zero attached hydrogens (tertiary/aromatic N) is 3. The standard InChI is InChI=1S/C30H24FN3O2S/c1-33(19-21-9-4-2-5-10-21)28(35)23-15-16-26-27(17-23)32-30(37-20-22-11-6-3-7-12-22)34(29(26)36)25-14-8-13-24(31)18-25/h2-18H,19-20H2,1H3. The Balaban J connectivity index is 1.54. The molecule has 0 aliphatic rings. The summed E-state index contributed by atoms with van der Waals surface area (Å²) in [4.78, 5) is 33.2. The van der Waals surface area contributed by atoms with E-state index in [1.807, 2.05) is 60.7 Å². The molecule has 0 spiro atoms. The number of fused-ring (bicyclic) bond motifs is 1. The predicted octanol–water partition coefficient (Wildman–Crippen LogP) is 6.09. The topological polar surface area (TPSA) is 55.2 Å². The molecule has 0 radical (unpaired) electrons. The van der Waals surface area contributed by atoms with E-state index >= 15 is 0 Å². The largest absolute Gasteiger partial charge is 0.337 e. The first-order valence-corrected chi connectivity index (χ1v) is 12.8. The van der Waals surface area contributed by atoms with Crippen molar-refractivity contribution in [3.05, 3.63) is 136 Å². The van der Waals surface area contributed by atoms with Gasteiger partial charge in [-0.1, -0.05) is 78.5 Å². The van der Waals surface area contributed by atoms with E-state index in [4.69, 9.17) is 4.98 Å². The van der Waals surface area contributed by atoms with Crippen molar-refractivity contribution in [2.24, 2.45) is 0 Å². The molecule has 0 N–H and O–H groups in total. The summed E-state index contributed by atoms with van der Waals surface area (Å²) in [5.74, 6) is -0.0294. The average molecular weight is 510 g/mol. The number of carbonyl (C=O) groups excluding carboxylic acids is 1. The Labute approximate surface area is 218 Å². The molecule has 0 unspecified atom stereocenters. The third-order valence-electron chi connectivity index (χ3n) is 5.97. The fourth-order valence-corrected chi connectivity index (χ4v) is 5.08. The summed E-state index contributed by atoms with van der Waals surface area (Å²) < 4.78 is 15.5. The molecule has 5 rings (SSSR count). The van der Waals surface area contributed by atoms with Crippen LogP contribution in [-0.2, 0) is 12.3 Å². The fourth-order valence-electron chi connectivity index (χ4n) is 4.11. The molecule has 4 aromatic carbocycles. The summed E-state index contributed by atoms with van der Waals surface area (Å²) in [7, 11) is 1.75. The maximum Gasteiger partial charge on any atom is 0.266 e. The van der Waals surface area contributed by atoms with Gasteiger partial charge in [-0.2, -0.15) is 0 Å². The van der Waals surface area contributed by atoms with E-state index in [1.54, 1.807) is 42.3 Å². The highest BCUT2D eigenvalue weighted by molar-refractivity contribution is 7.98. The quantitative estimate of drug-likeness (QED) is 0.197. The van der Waals surface area contributed by atoms with E-state index in [1.165, 1.54) is 28.5 Å². The molecular formula is C30H24FN3O2S. The van der Waals surface area contributed by atoms with Gasteiger partial charge < -0.3 is 4.90 Å². The molecule has 7 heteroatoms. The third-order valence-corrected chi connectivity index (χ3v) is 6.98. The van der Waals surface area contributed by atoms with Crippen molar-refractivity contribution in [2.75, 3.05) is 7.05 Å². The molecule has 1 heterocycles. The molecule has 0 aliphatic carbocycles. The van der Waals surface area contributed by atoms with Gasteiger partial charge in [0, 0.05) is 24.9 Å². The highest BCUT2D eigenvalue weighted by Gasteiger charge is 2.18.